The quantitative estimate of drug-likeness (QED) is 0.125. The highest BCUT2D eigenvalue weighted by Gasteiger charge is 2.29. The minimum Gasteiger partial charge on any atom is -0.352 e. The summed E-state index contributed by atoms with van der Waals surface area (Å²) in [6.07, 6.45) is 17.3. The SMILES string of the molecule is CCCCCCCCCCCCCCCC(=O)N[C@H](C(=O)N[C@@H](C)C(=O)N[C@@H](C)C(=O)NC(C)C)[C@@H](C)CC. The topological polar surface area (TPSA) is 116 Å². The van der Waals surface area contributed by atoms with E-state index < -0.39 is 24.0 Å². The Kier molecular flexibility index (Phi) is 21.4. The van der Waals surface area contributed by atoms with Crippen LogP contribution in [0.25, 0.3) is 0 Å². The average molecular weight is 553 g/mol. The zero-order chi connectivity index (χ0) is 29.6. The molecule has 0 rings (SSSR count). The van der Waals surface area contributed by atoms with Crippen molar-refractivity contribution in [2.45, 2.75) is 169 Å². The van der Waals surface area contributed by atoms with Crippen LogP contribution in [0.15, 0.2) is 0 Å². The summed E-state index contributed by atoms with van der Waals surface area (Å²) in [6.45, 7) is 13.0. The van der Waals surface area contributed by atoms with Gasteiger partial charge in [0.1, 0.15) is 18.1 Å². The Labute approximate surface area is 239 Å². The third kappa shape index (κ3) is 18.7. The lowest BCUT2D eigenvalue weighted by atomic mass is 9.97. The van der Waals surface area contributed by atoms with Gasteiger partial charge in [0.25, 0.3) is 0 Å². The number of carbonyl (C=O) groups excluding carboxylic acids is 4. The summed E-state index contributed by atoms with van der Waals surface area (Å²) in [4.78, 5) is 50.1. The summed E-state index contributed by atoms with van der Waals surface area (Å²) in [6, 6.07) is -2.30. The Balaban J connectivity index is 4.33. The minimum atomic E-state index is -0.837. The van der Waals surface area contributed by atoms with E-state index in [4.69, 9.17) is 0 Å². The van der Waals surface area contributed by atoms with Crippen molar-refractivity contribution in [2.75, 3.05) is 0 Å². The summed E-state index contributed by atoms with van der Waals surface area (Å²) >= 11 is 0. The van der Waals surface area contributed by atoms with Gasteiger partial charge in [-0.25, -0.2) is 0 Å². The number of hydrogen-bond acceptors (Lipinski definition) is 4. The van der Waals surface area contributed by atoms with Gasteiger partial charge >= 0.3 is 0 Å². The number of rotatable bonds is 23. The van der Waals surface area contributed by atoms with E-state index in [1.165, 1.54) is 64.2 Å². The lowest BCUT2D eigenvalue weighted by Gasteiger charge is -2.26. The molecule has 0 aromatic carbocycles. The van der Waals surface area contributed by atoms with Crippen LogP contribution in [-0.2, 0) is 19.2 Å². The molecule has 0 aromatic heterocycles. The van der Waals surface area contributed by atoms with Crippen LogP contribution in [0.5, 0.6) is 0 Å². The van der Waals surface area contributed by atoms with E-state index >= 15 is 0 Å². The third-order valence-electron chi connectivity index (χ3n) is 7.25. The van der Waals surface area contributed by atoms with Gasteiger partial charge in [0, 0.05) is 12.5 Å². The van der Waals surface area contributed by atoms with Crippen molar-refractivity contribution in [3.05, 3.63) is 0 Å². The van der Waals surface area contributed by atoms with Crippen LogP contribution in [0.4, 0.5) is 0 Å². The normalized spacial score (nSPS) is 14.3. The molecule has 8 heteroatoms. The second kappa shape index (κ2) is 22.7. The minimum absolute atomic E-state index is 0.0337. The molecular weight excluding hydrogens is 492 g/mol. The van der Waals surface area contributed by atoms with Gasteiger partial charge < -0.3 is 21.3 Å². The molecule has 0 aromatic rings. The van der Waals surface area contributed by atoms with Gasteiger partial charge in [-0.1, -0.05) is 104 Å². The molecule has 228 valence electrons. The zero-order valence-corrected chi connectivity index (χ0v) is 26.1. The lowest BCUT2D eigenvalue weighted by Crippen LogP contribution is -2.56. The molecule has 0 unspecified atom stereocenters. The number of hydrogen-bond donors (Lipinski definition) is 4. The Hall–Kier alpha value is -2.12. The molecule has 8 nitrogen and oxygen atoms in total. The first kappa shape index (κ1) is 36.9. The standard InChI is InChI=1S/C31H60N4O4/c1-8-10-11-12-13-14-15-16-17-18-19-20-21-22-27(36)35-28(24(5)9-2)31(39)34-26(7)30(38)33-25(6)29(37)32-23(3)4/h23-26,28H,8-22H2,1-7H3,(H,32,37)(H,33,38)(H,34,39)(H,35,36)/t24-,25-,26-,28-/m0/s1. The first-order valence-corrected chi connectivity index (χ1v) is 15.7. The average Bonchev–Trinajstić information content (AvgIpc) is 2.88. The van der Waals surface area contributed by atoms with Crippen LogP contribution < -0.4 is 21.3 Å². The van der Waals surface area contributed by atoms with E-state index in [9.17, 15) is 19.2 Å². The van der Waals surface area contributed by atoms with E-state index in [0.717, 1.165) is 19.3 Å². The first-order valence-electron chi connectivity index (χ1n) is 15.7. The summed E-state index contributed by atoms with van der Waals surface area (Å²) in [5, 5.41) is 11.0. The van der Waals surface area contributed by atoms with Crippen molar-refractivity contribution in [3.63, 3.8) is 0 Å². The Morgan fingerprint density at radius 1 is 0.513 bits per heavy atom. The van der Waals surface area contributed by atoms with Gasteiger partial charge in [-0.3, -0.25) is 19.2 Å². The summed E-state index contributed by atoms with van der Waals surface area (Å²) in [5.74, 6) is -1.32. The molecule has 39 heavy (non-hydrogen) atoms. The fourth-order valence-electron chi connectivity index (χ4n) is 4.43. The van der Waals surface area contributed by atoms with Crippen LogP contribution in [0, 0.1) is 5.92 Å². The van der Waals surface area contributed by atoms with Gasteiger partial charge in [0.2, 0.25) is 23.6 Å². The summed E-state index contributed by atoms with van der Waals surface area (Å²) in [5.41, 5.74) is 0. The van der Waals surface area contributed by atoms with Crippen LogP contribution in [0.1, 0.15) is 145 Å². The predicted molar refractivity (Wildman–Crippen MR) is 160 cm³/mol. The fraction of sp³-hybridized carbons (Fsp3) is 0.871. The highest BCUT2D eigenvalue weighted by Crippen LogP contribution is 2.14. The van der Waals surface area contributed by atoms with Gasteiger partial charge in [-0.05, 0) is 40.0 Å². The third-order valence-corrected chi connectivity index (χ3v) is 7.25. The van der Waals surface area contributed by atoms with Crippen LogP contribution in [0.3, 0.4) is 0 Å². The molecule has 0 bridgehead atoms. The highest BCUT2D eigenvalue weighted by molar-refractivity contribution is 5.94. The van der Waals surface area contributed by atoms with Gasteiger partial charge in [-0.15, -0.1) is 0 Å². The van der Waals surface area contributed by atoms with Gasteiger partial charge in [0.15, 0.2) is 0 Å². The Bertz CT molecular complexity index is 698. The largest absolute Gasteiger partial charge is 0.352 e. The molecule has 0 aliphatic heterocycles. The van der Waals surface area contributed by atoms with E-state index in [-0.39, 0.29) is 29.7 Å². The highest BCUT2D eigenvalue weighted by atomic mass is 16.2. The molecule has 0 fully saturated rings. The maximum absolute atomic E-state index is 13.0. The van der Waals surface area contributed by atoms with Crippen molar-refractivity contribution >= 4 is 23.6 Å². The molecule has 0 radical (unpaired) electrons. The Morgan fingerprint density at radius 3 is 1.36 bits per heavy atom. The maximum atomic E-state index is 13.0. The second-order valence-electron chi connectivity index (χ2n) is 11.5. The molecule has 0 aliphatic rings. The molecule has 4 amide bonds. The van der Waals surface area contributed by atoms with E-state index in [1.807, 2.05) is 27.7 Å². The molecule has 0 heterocycles. The van der Waals surface area contributed by atoms with E-state index in [0.29, 0.717) is 12.8 Å². The fourth-order valence-corrected chi connectivity index (χ4v) is 4.43. The molecule has 0 saturated carbocycles. The smallest absolute Gasteiger partial charge is 0.243 e. The number of carbonyl (C=O) groups is 4. The number of nitrogens with one attached hydrogen (secondary N) is 4. The summed E-state index contributed by atoms with van der Waals surface area (Å²) in [7, 11) is 0. The van der Waals surface area contributed by atoms with Crippen LogP contribution >= 0.6 is 0 Å². The number of unbranched alkanes of at least 4 members (excludes halogenated alkanes) is 12. The molecular formula is C31H60N4O4. The van der Waals surface area contributed by atoms with Crippen molar-refractivity contribution < 1.29 is 19.2 Å². The van der Waals surface area contributed by atoms with Gasteiger partial charge in [-0.2, -0.15) is 0 Å². The van der Waals surface area contributed by atoms with Crippen molar-refractivity contribution in [1.29, 1.82) is 0 Å². The van der Waals surface area contributed by atoms with Crippen LogP contribution in [0.2, 0.25) is 0 Å². The molecule has 0 aliphatic carbocycles. The van der Waals surface area contributed by atoms with E-state index in [2.05, 4.69) is 28.2 Å². The molecule has 4 N–H and O–H groups in total. The first-order chi connectivity index (χ1) is 18.5. The Morgan fingerprint density at radius 2 is 0.923 bits per heavy atom. The van der Waals surface area contributed by atoms with Crippen molar-refractivity contribution in [1.82, 2.24) is 21.3 Å². The van der Waals surface area contributed by atoms with Gasteiger partial charge in [0.05, 0.1) is 0 Å². The lowest BCUT2D eigenvalue weighted by molar-refractivity contribution is -0.134. The second-order valence-corrected chi connectivity index (χ2v) is 11.5. The molecule has 0 spiro atoms. The summed E-state index contributed by atoms with van der Waals surface area (Å²) < 4.78 is 0. The number of amides is 4. The van der Waals surface area contributed by atoms with E-state index in [1.54, 1.807) is 13.8 Å². The maximum Gasteiger partial charge on any atom is 0.243 e. The molecule has 4 atom stereocenters. The monoisotopic (exact) mass is 552 g/mol. The van der Waals surface area contributed by atoms with Crippen LogP contribution in [-0.4, -0.2) is 47.8 Å². The van der Waals surface area contributed by atoms with Crippen molar-refractivity contribution in [3.8, 4) is 0 Å². The van der Waals surface area contributed by atoms with Crippen molar-refractivity contribution in [2.24, 2.45) is 5.92 Å². The molecule has 0 saturated heterocycles. The predicted octanol–water partition coefficient (Wildman–Crippen LogP) is 5.53. The zero-order valence-electron chi connectivity index (χ0n) is 26.1.